The van der Waals surface area contributed by atoms with Crippen molar-refractivity contribution in [2.45, 2.75) is 29.6 Å². The normalized spacial score (nSPS) is 10.6. The van der Waals surface area contributed by atoms with Gasteiger partial charge in [-0.3, -0.25) is 14.9 Å². The lowest BCUT2D eigenvalue weighted by Crippen LogP contribution is -2.31. The topological polar surface area (TPSA) is 103 Å². The highest BCUT2D eigenvalue weighted by atomic mass is 32.2. The molecule has 32 heavy (non-hydrogen) atoms. The van der Waals surface area contributed by atoms with Crippen LogP contribution in [0, 0.1) is 24.0 Å². The second-order valence-corrected chi connectivity index (χ2v) is 9.19. The molecule has 0 atom stereocenters. The fourth-order valence-corrected chi connectivity index (χ4v) is 4.69. The van der Waals surface area contributed by atoms with Gasteiger partial charge in [-0.1, -0.05) is 36.0 Å². The number of nitro groups is 1. The fraction of sp³-hybridized carbons (Fsp3) is 0.227. The number of rotatable bonds is 8. The van der Waals surface area contributed by atoms with E-state index in [1.165, 1.54) is 40.1 Å². The summed E-state index contributed by atoms with van der Waals surface area (Å²) in [6.07, 6.45) is 0. The maximum Gasteiger partial charge on any atom is 0.340 e. The Hall–Kier alpha value is -3.24. The number of aromatic nitrogens is 1. The molecule has 0 bridgehead atoms. The lowest BCUT2D eigenvalue weighted by molar-refractivity contribution is -0.384. The lowest BCUT2D eigenvalue weighted by atomic mass is 10.1. The molecule has 1 amide bonds. The number of benzene rings is 2. The second kappa shape index (κ2) is 10.4. The number of non-ortho nitro benzene ring substituents is 1. The number of aryl methyl sites for hydroxylation is 2. The zero-order valence-electron chi connectivity index (χ0n) is 17.7. The van der Waals surface area contributed by atoms with Crippen molar-refractivity contribution in [3.8, 4) is 0 Å². The third-order valence-electron chi connectivity index (χ3n) is 4.61. The van der Waals surface area contributed by atoms with Crippen LogP contribution in [-0.4, -0.2) is 40.3 Å². The van der Waals surface area contributed by atoms with Gasteiger partial charge < -0.3 is 9.64 Å². The van der Waals surface area contributed by atoms with Gasteiger partial charge in [0.15, 0.2) is 10.9 Å². The zero-order chi connectivity index (χ0) is 23.3. The van der Waals surface area contributed by atoms with E-state index in [9.17, 15) is 19.7 Å². The monoisotopic (exact) mass is 471 g/mol. The predicted molar refractivity (Wildman–Crippen MR) is 122 cm³/mol. The van der Waals surface area contributed by atoms with Gasteiger partial charge in [0.2, 0.25) is 0 Å². The number of carbonyl (C=O) groups excluding carboxylic acids is 2. The minimum absolute atomic E-state index is 0.0198. The highest BCUT2D eigenvalue weighted by Crippen LogP contribution is 2.34. The molecule has 0 spiro atoms. The van der Waals surface area contributed by atoms with Crippen molar-refractivity contribution in [1.82, 2.24) is 9.88 Å². The van der Waals surface area contributed by atoms with Crippen molar-refractivity contribution in [3.63, 3.8) is 0 Å². The summed E-state index contributed by atoms with van der Waals surface area (Å²) in [5, 5.41) is 13.1. The number of thiazole rings is 1. The van der Waals surface area contributed by atoms with Crippen LogP contribution in [0.5, 0.6) is 0 Å². The van der Waals surface area contributed by atoms with E-state index in [0.29, 0.717) is 15.8 Å². The maximum atomic E-state index is 12.7. The van der Waals surface area contributed by atoms with Gasteiger partial charge in [-0.2, -0.15) is 0 Å². The first kappa shape index (κ1) is 23.4. The third-order valence-corrected chi connectivity index (χ3v) is 6.74. The lowest BCUT2D eigenvalue weighted by Gasteiger charge is -2.18. The SMILES string of the molecule is Cc1csc(Sc2ccc([N+](=O)[O-])cc2C(=O)OCC(=O)N(C)Cc2ccccc2C)n1. The Morgan fingerprint density at radius 1 is 1.22 bits per heavy atom. The van der Waals surface area contributed by atoms with E-state index in [4.69, 9.17) is 4.74 Å². The van der Waals surface area contributed by atoms with Crippen LogP contribution in [0.1, 0.15) is 27.2 Å². The summed E-state index contributed by atoms with van der Waals surface area (Å²) in [7, 11) is 1.63. The van der Waals surface area contributed by atoms with E-state index in [0.717, 1.165) is 22.9 Å². The standard InChI is InChI=1S/C22H21N3O5S2/c1-14-6-4-5-7-16(14)11-24(3)20(26)12-30-21(27)18-10-17(25(28)29)8-9-19(18)32-22-23-15(2)13-31-22/h4-10,13H,11-12H2,1-3H3. The average Bonchev–Trinajstić information content (AvgIpc) is 3.17. The minimum atomic E-state index is -0.804. The first-order valence-corrected chi connectivity index (χ1v) is 11.3. The number of ether oxygens (including phenoxy) is 1. The summed E-state index contributed by atoms with van der Waals surface area (Å²) >= 11 is 2.62. The van der Waals surface area contributed by atoms with Crippen molar-refractivity contribution in [3.05, 3.63) is 80.3 Å². The van der Waals surface area contributed by atoms with Crippen molar-refractivity contribution < 1.29 is 19.2 Å². The quantitative estimate of drug-likeness (QED) is 0.268. The van der Waals surface area contributed by atoms with Crippen LogP contribution in [0.3, 0.4) is 0 Å². The van der Waals surface area contributed by atoms with Gasteiger partial charge in [0.25, 0.3) is 11.6 Å². The third kappa shape index (κ3) is 5.92. The largest absolute Gasteiger partial charge is 0.452 e. The van der Waals surface area contributed by atoms with Crippen LogP contribution in [0.25, 0.3) is 0 Å². The van der Waals surface area contributed by atoms with Crippen LogP contribution < -0.4 is 0 Å². The molecule has 0 saturated carbocycles. The number of amides is 1. The molecule has 0 saturated heterocycles. The molecule has 0 fully saturated rings. The summed E-state index contributed by atoms with van der Waals surface area (Å²) in [5.74, 6) is -1.18. The van der Waals surface area contributed by atoms with Crippen molar-refractivity contribution in [1.29, 1.82) is 0 Å². The molecule has 0 aliphatic heterocycles. The van der Waals surface area contributed by atoms with E-state index in [2.05, 4.69) is 4.98 Å². The molecule has 3 aromatic rings. The summed E-state index contributed by atoms with van der Waals surface area (Å²) in [5.41, 5.74) is 2.67. The molecule has 0 aliphatic rings. The molecular weight excluding hydrogens is 450 g/mol. The number of esters is 1. The zero-order valence-corrected chi connectivity index (χ0v) is 19.4. The highest BCUT2D eigenvalue weighted by Gasteiger charge is 2.21. The molecule has 3 rings (SSSR count). The Labute approximate surface area is 193 Å². The highest BCUT2D eigenvalue weighted by molar-refractivity contribution is 8.01. The molecule has 166 valence electrons. The van der Waals surface area contributed by atoms with Crippen molar-refractivity contribution >= 4 is 40.7 Å². The Kier molecular flexibility index (Phi) is 7.60. The summed E-state index contributed by atoms with van der Waals surface area (Å²) in [6, 6.07) is 11.7. The van der Waals surface area contributed by atoms with Crippen LogP contribution in [0.15, 0.2) is 57.1 Å². The number of likely N-dealkylation sites (N-methyl/N-ethyl adjacent to an activating group) is 1. The number of hydrogen-bond acceptors (Lipinski definition) is 8. The first-order chi connectivity index (χ1) is 15.2. The van der Waals surface area contributed by atoms with Gasteiger partial charge in [-0.05, 0) is 31.0 Å². The van der Waals surface area contributed by atoms with E-state index >= 15 is 0 Å². The Morgan fingerprint density at radius 3 is 2.62 bits per heavy atom. The Bertz CT molecular complexity index is 1160. The molecular formula is C22H21N3O5S2. The second-order valence-electron chi connectivity index (χ2n) is 7.05. The smallest absolute Gasteiger partial charge is 0.340 e. The maximum absolute atomic E-state index is 12.7. The fourth-order valence-electron chi connectivity index (χ4n) is 2.80. The van der Waals surface area contributed by atoms with Gasteiger partial charge >= 0.3 is 5.97 Å². The Morgan fingerprint density at radius 2 is 1.97 bits per heavy atom. The van der Waals surface area contributed by atoms with Crippen molar-refractivity contribution in [2.75, 3.05) is 13.7 Å². The van der Waals surface area contributed by atoms with Gasteiger partial charge in [0.05, 0.1) is 10.5 Å². The number of carbonyl (C=O) groups is 2. The minimum Gasteiger partial charge on any atom is -0.452 e. The predicted octanol–water partition coefficient (Wildman–Crippen LogP) is 4.63. The van der Waals surface area contributed by atoms with Crippen LogP contribution in [0.4, 0.5) is 5.69 Å². The summed E-state index contributed by atoms with van der Waals surface area (Å²) < 4.78 is 5.91. The molecule has 0 radical (unpaired) electrons. The summed E-state index contributed by atoms with van der Waals surface area (Å²) in [4.78, 5) is 42.1. The number of hydrogen-bond donors (Lipinski definition) is 0. The molecule has 2 aromatic carbocycles. The first-order valence-electron chi connectivity index (χ1n) is 9.58. The molecule has 0 aliphatic carbocycles. The number of nitrogens with zero attached hydrogens (tertiary/aromatic N) is 3. The average molecular weight is 472 g/mol. The van der Waals surface area contributed by atoms with Crippen molar-refractivity contribution in [2.24, 2.45) is 0 Å². The molecule has 0 unspecified atom stereocenters. The Balaban J connectivity index is 1.71. The molecule has 10 heteroatoms. The number of nitro benzene ring substituents is 1. The van der Waals surface area contributed by atoms with E-state index in [1.54, 1.807) is 7.05 Å². The van der Waals surface area contributed by atoms with E-state index < -0.39 is 17.5 Å². The van der Waals surface area contributed by atoms with E-state index in [-0.39, 0.29) is 17.2 Å². The van der Waals surface area contributed by atoms with Gasteiger partial charge in [0.1, 0.15) is 0 Å². The summed E-state index contributed by atoms with van der Waals surface area (Å²) in [6.45, 7) is 3.72. The molecule has 1 heterocycles. The van der Waals surface area contributed by atoms with Crippen LogP contribution in [-0.2, 0) is 16.1 Å². The molecule has 8 nitrogen and oxygen atoms in total. The van der Waals surface area contributed by atoms with Gasteiger partial charge in [-0.25, -0.2) is 9.78 Å². The molecule has 0 N–H and O–H groups in total. The van der Waals surface area contributed by atoms with Crippen LogP contribution in [0.2, 0.25) is 0 Å². The van der Waals surface area contributed by atoms with Gasteiger partial charge in [0, 0.05) is 41.7 Å². The molecule has 1 aromatic heterocycles. The van der Waals surface area contributed by atoms with Gasteiger partial charge in [-0.15, -0.1) is 11.3 Å². The van der Waals surface area contributed by atoms with Crippen LogP contribution >= 0.6 is 23.1 Å². The van der Waals surface area contributed by atoms with E-state index in [1.807, 2.05) is 43.5 Å².